The molecule has 2 aromatic carbocycles. The van der Waals surface area contributed by atoms with Gasteiger partial charge < -0.3 is 14.4 Å². The minimum absolute atomic E-state index is 0.0296. The molecule has 0 spiro atoms. The highest BCUT2D eigenvalue weighted by Crippen LogP contribution is 2.35. The zero-order valence-corrected chi connectivity index (χ0v) is 14.1. The maximum absolute atomic E-state index is 12.3. The molecule has 0 atom stereocenters. The summed E-state index contributed by atoms with van der Waals surface area (Å²) in [5.74, 6) is 0.408. The molecule has 2 aliphatic rings. The van der Waals surface area contributed by atoms with Crippen LogP contribution in [0, 0.1) is 0 Å². The van der Waals surface area contributed by atoms with E-state index in [0.29, 0.717) is 33.3 Å². The van der Waals surface area contributed by atoms with E-state index in [1.54, 1.807) is 18.2 Å². The molecule has 1 aliphatic heterocycles. The van der Waals surface area contributed by atoms with Crippen LogP contribution in [0.1, 0.15) is 13.8 Å². The third-order valence-electron chi connectivity index (χ3n) is 4.56. The highest BCUT2D eigenvalue weighted by Gasteiger charge is 2.18. The predicted molar refractivity (Wildman–Crippen MR) is 99.6 cm³/mol. The molecule has 1 N–H and O–H groups in total. The van der Waals surface area contributed by atoms with Crippen LogP contribution >= 0.6 is 0 Å². The zero-order valence-electron chi connectivity index (χ0n) is 14.1. The van der Waals surface area contributed by atoms with Gasteiger partial charge in [0.25, 0.3) is 0 Å². The number of nitrogens with zero attached hydrogens (tertiary/aromatic N) is 2. The van der Waals surface area contributed by atoms with Crippen LogP contribution in [-0.2, 0) is 0 Å². The number of anilines is 1. The molecule has 0 radical (unpaired) electrons. The van der Waals surface area contributed by atoms with Gasteiger partial charge in [-0.3, -0.25) is 4.79 Å². The fourth-order valence-electron chi connectivity index (χ4n) is 3.27. The van der Waals surface area contributed by atoms with Crippen molar-refractivity contribution in [2.45, 2.75) is 13.8 Å². The van der Waals surface area contributed by atoms with Crippen LogP contribution in [0.3, 0.4) is 0 Å². The molecule has 0 amide bonds. The van der Waals surface area contributed by atoms with E-state index >= 15 is 0 Å². The Morgan fingerprint density at radius 3 is 2.68 bits per heavy atom. The van der Waals surface area contributed by atoms with Gasteiger partial charge in [0.1, 0.15) is 17.0 Å². The summed E-state index contributed by atoms with van der Waals surface area (Å²) >= 11 is 0. The van der Waals surface area contributed by atoms with E-state index in [-0.39, 0.29) is 11.2 Å². The number of phenols is 1. The summed E-state index contributed by atoms with van der Waals surface area (Å²) < 4.78 is 5.97. The molecule has 2 aromatic rings. The summed E-state index contributed by atoms with van der Waals surface area (Å²) in [6.07, 6.45) is 0. The molecule has 0 bridgehead atoms. The maximum Gasteiger partial charge on any atom is 0.190 e. The quantitative estimate of drug-likeness (QED) is 0.453. The second-order valence-electron chi connectivity index (χ2n) is 5.96. The molecular formula is C20H18N2O3. The Bertz CT molecular complexity index is 1110. The Morgan fingerprint density at radius 2 is 1.92 bits per heavy atom. The number of hydrogen-bond acceptors (Lipinski definition) is 5. The summed E-state index contributed by atoms with van der Waals surface area (Å²) in [6, 6.07) is 12.2. The van der Waals surface area contributed by atoms with Crippen LogP contribution in [0.4, 0.5) is 5.69 Å². The first kappa shape index (κ1) is 15.4. The largest absolute Gasteiger partial charge is 0.507 e. The summed E-state index contributed by atoms with van der Waals surface area (Å²) in [6.45, 7) is 5.99. The monoisotopic (exact) mass is 334 g/mol. The topological polar surface area (TPSA) is 66.6 Å². The standard InChI is InChI=1S/C20H18N2O3/c1-3-22(4-2)12-8-9-14-17(10-12)25-18-11-16(24)13-6-5-7-15(23)19(13)20(18)21-14/h5-11,23H,3-4H2,1-2H3. The second kappa shape index (κ2) is 5.77. The molecule has 1 heterocycles. The molecule has 0 aromatic heterocycles. The fourth-order valence-corrected chi connectivity index (χ4v) is 3.27. The molecule has 0 saturated heterocycles. The highest BCUT2D eigenvalue weighted by atomic mass is 16.3. The third kappa shape index (κ3) is 2.39. The van der Waals surface area contributed by atoms with Crippen LogP contribution in [0.5, 0.6) is 5.75 Å². The van der Waals surface area contributed by atoms with Gasteiger partial charge in [-0.1, -0.05) is 12.1 Å². The SMILES string of the molecule is CCN(CC)c1ccc2nc3c4c(O)cccc4c(=O)cc-3oc2c1. The van der Waals surface area contributed by atoms with Crippen molar-refractivity contribution >= 4 is 27.6 Å². The van der Waals surface area contributed by atoms with Crippen molar-refractivity contribution < 1.29 is 9.52 Å². The van der Waals surface area contributed by atoms with E-state index in [2.05, 4.69) is 23.7 Å². The van der Waals surface area contributed by atoms with Gasteiger partial charge in [-0.15, -0.1) is 0 Å². The normalized spacial score (nSPS) is 11.4. The number of rotatable bonds is 3. The van der Waals surface area contributed by atoms with E-state index in [9.17, 15) is 9.90 Å². The molecule has 126 valence electrons. The number of phenolic OH excluding ortho intramolecular Hbond substituents is 1. The van der Waals surface area contributed by atoms with Crippen molar-refractivity contribution in [2.75, 3.05) is 18.0 Å². The number of aromatic nitrogens is 1. The first-order chi connectivity index (χ1) is 12.1. The fraction of sp³-hybridized carbons (Fsp3) is 0.200. The van der Waals surface area contributed by atoms with Gasteiger partial charge in [-0.05, 0) is 32.0 Å². The molecule has 0 unspecified atom stereocenters. The van der Waals surface area contributed by atoms with Gasteiger partial charge in [-0.25, -0.2) is 4.98 Å². The lowest BCUT2D eigenvalue weighted by Gasteiger charge is -2.21. The van der Waals surface area contributed by atoms with Crippen LogP contribution in [0.25, 0.3) is 33.3 Å². The number of aromatic hydroxyl groups is 1. The number of hydrogen-bond donors (Lipinski definition) is 1. The summed E-state index contributed by atoms with van der Waals surface area (Å²) in [7, 11) is 0. The summed E-state index contributed by atoms with van der Waals surface area (Å²) in [4.78, 5) is 19.2. The lowest BCUT2D eigenvalue weighted by Crippen LogP contribution is -2.21. The minimum atomic E-state index is -0.191. The van der Waals surface area contributed by atoms with Gasteiger partial charge in [0.2, 0.25) is 0 Å². The highest BCUT2D eigenvalue weighted by molar-refractivity contribution is 6.00. The predicted octanol–water partition coefficient (Wildman–Crippen LogP) is 4.00. The number of fused-ring (bicyclic) bond motifs is 4. The summed E-state index contributed by atoms with van der Waals surface area (Å²) in [5, 5.41) is 11.1. The van der Waals surface area contributed by atoms with Crippen LogP contribution in [0.2, 0.25) is 0 Å². The molecule has 0 fully saturated rings. The van der Waals surface area contributed by atoms with E-state index in [0.717, 1.165) is 18.8 Å². The van der Waals surface area contributed by atoms with Gasteiger partial charge in [0.05, 0.1) is 5.39 Å². The van der Waals surface area contributed by atoms with E-state index in [4.69, 9.17) is 4.42 Å². The minimum Gasteiger partial charge on any atom is -0.507 e. The van der Waals surface area contributed by atoms with Crippen LogP contribution < -0.4 is 10.3 Å². The summed E-state index contributed by atoms with van der Waals surface area (Å²) in [5.41, 5.74) is 2.66. The van der Waals surface area contributed by atoms with Crippen molar-refractivity contribution in [3.63, 3.8) is 0 Å². The van der Waals surface area contributed by atoms with E-state index < -0.39 is 0 Å². The molecule has 4 rings (SSSR count). The Balaban J connectivity index is 2.05. The first-order valence-electron chi connectivity index (χ1n) is 8.36. The Morgan fingerprint density at radius 1 is 1.12 bits per heavy atom. The Kier molecular flexibility index (Phi) is 3.57. The van der Waals surface area contributed by atoms with Crippen molar-refractivity contribution in [1.82, 2.24) is 4.98 Å². The Labute approximate surface area is 144 Å². The average Bonchev–Trinajstić information content (AvgIpc) is 2.61. The van der Waals surface area contributed by atoms with E-state index in [1.165, 1.54) is 6.07 Å². The maximum atomic E-state index is 12.3. The zero-order chi connectivity index (χ0) is 17.6. The van der Waals surface area contributed by atoms with Crippen molar-refractivity contribution in [1.29, 1.82) is 0 Å². The first-order valence-corrected chi connectivity index (χ1v) is 8.36. The lowest BCUT2D eigenvalue weighted by molar-refractivity contribution is 0.481. The molecule has 25 heavy (non-hydrogen) atoms. The van der Waals surface area contributed by atoms with Gasteiger partial charge >= 0.3 is 0 Å². The van der Waals surface area contributed by atoms with Gasteiger partial charge in [0, 0.05) is 36.3 Å². The molecule has 5 nitrogen and oxygen atoms in total. The van der Waals surface area contributed by atoms with Gasteiger partial charge in [-0.2, -0.15) is 0 Å². The average molecular weight is 334 g/mol. The second-order valence-corrected chi connectivity index (χ2v) is 5.96. The van der Waals surface area contributed by atoms with Crippen LogP contribution in [-0.4, -0.2) is 23.2 Å². The molecule has 1 aliphatic carbocycles. The van der Waals surface area contributed by atoms with Crippen molar-refractivity contribution in [3.8, 4) is 17.2 Å². The van der Waals surface area contributed by atoms with Gasteiger partial charge in [0.15, 0.2) is 16.8 Å². The molecule has 0 saturated carbocycles. The molecular weight excluding hydrogens is 316 g/mol. The molecule has 5 heteroatoms. The number of benzene rings is 3. The third-order valence-corrected chi connectivity index (χ3v) is 4.56. The van der Waals surface area contributed by atoms with Crippen molar-refractivity contribution in [2.24, 2.45) is 0 Å². The smallest absolute Gasteiger partial charge is 0.190 e. The van der Waals surface area contributed by atoms with Crippen LogP contribution in [0.15, 0.2) is 51.7 Å². The lowest BCUT2D eigenvalue weighted by atomic mass is 10.0. The Hall–Kier alpha value is -3.08. The van der Waals surface area contributed by atoms with E-state index in [1.807, 2.05) is 18.2 Å². The van der Waals surface area contributed by atoms with Crippen molar-refractivity contribution in [3.05, 3.63) is 52.7 Å².